The number of amides is 2. The molecule has 1 fully saturated rings. The zero-order valence-corrected chi connectivity index (χ0v) is 15.1. The molecule has 0 aromatic heterocycles. The van der Waals surface area contributed by atoms with Crippen LogP contribution in [-0.4, -0.2) is 32.1 Å². The van der Waals surface area contributed by atoms with Crippen LogP contribution < -0.4 is 19.7 Å². The average molecular weight is 365 g/mol. The Labute approximate surface area is 151 Å². The molecular weight excluding hydrogens is 344 g/mol. The van der Waals surface area contributed by atoms with Gasteiger partial charge in [0, 0.05) is 12.1 Å². The Morgan fingerprint density at radius 3 is 2.44 bits per heavy atom. The summed E-state index contributed by atoms with van der Waals surface area (Å²) in [6.45, 7) is 0. The molecule has 1 saturated carbocycles. The normalized spacial score (nSPS) is 18.8. The van der Waals surface area contributed by atoms with Crippen LogP contribution in [0.25, 0.3) is 0 Å². The summed E-state index contributed by atoms with van der Waals surface area (Å²) in [5.74, 6) is -0.115. The minimum Gasteiger partial charge on any atom is -0.497 e. The molecule has 3 rings (SSSR count). The number of halogens is 1. The Balaban J connectivity index is 1.90. The van der Waals surface area contributed by atoms with Gasteiger partial charge in [-0.1, -0.05) is 30.9 Å². The summed E-state index contributed by atoms with van der Waals surface area (Å²) in [7, 11) is 2.99. The molecule has 0 radical (unpaired) electrons. The molecule has 0 unspecified atom stereocenters. The number of carbonyl (C=O) groups is 2. The summed E-state index contributed by atoms with van der Waals surface area (Å²) in [5.41, 5.74) is 0.485. The summed E-state index contributed by atoms with van der Waals surface area (Å²) >= 11 is 6.19. The number of anilines is 1. The SMILES string of the molecule is COc1ccc(OC)c(N2C(=O)C(Cl)=C(NC3CCCCC3)C2=O)c1. The van der Waals surface area contributed by atoms with E-state index in [-0.39, 0.29) is 16.8 Å². The second kappa shape index (κ2) is 7.35. The first-order valence-corrected chi connectivity index (χ1v) is 8.71. The van der Waals surface area contributed by atoms with Crippen molar-refractivity contribution in [1.29, 1.82) is 0 Å². The van der Waals surface area contributed by atoms with Gasteiger partial charge in [0.2, 0.25) is 0 Å². The number of nitrogens with one attached hydrogen (secondary N) is 1. The van der Waals surface area contributed by atoms with Crippen molar-refractivity contribution in [3.05, 3.63) is 28.9 Å². The highest BCUT2D eigenvalue weighted by Gasteiger charge is 2.41. The topological polar surface area (TPSA) is 67.9 Å². The predicted octanol–water partition coefficient (Wildman–Crippen LogP) is 2.95. The molecule has 0 saturated heterocycles. The van der Waals surface area contributed by atoms with Gasteiger partial charge in [-0.2, -0.15) is 0 Å². The van der Waals surface area contributed by atoms with E-state index in [1.165, 1.54) is 20.6 Å². The van der Waals surface area contributed by atoms with Gasteiger partial charge < -0.3 is 14.8 Å². The maximum atomic E-state index is 12.9. The van der Waals surface area contributed by atoms with Crippen molar-refractivity contribution in [3.63, 3.8) is 0 Å². The molecule has 0 atom stereocenters. The van der Waals surface area contributed by atoms with Gasteiger partial charge in [-0.15, -0.1) is 0 Å². The third kappa shape index (κ3) is 3.31. The molecule has 1 heterocycles. The van der Waals surface area contributed by atoms with Crippen molar-refractivity contribution >= 4 is 29.1 Å². The molecule has 7 heteroatoms. The lowest BCUT2D eigenvalue weighted by Gasteiger charge is -2.24. The number of hydrogen-bond acceptors (Lipinski definition) is 5. The van der Waals surface area contributed by atoms with Crippen molar-refractivity contribution < 1.29 is 19.1 Å². The van der Waals surface area contributed by atoms with Crippen LogP contribution >= 0.6 is 11.6 Å². The fourth-order valence-electron chi connectivity index (χ4n) is 3.27. The van der Waals surface area contributed by atoms with Gasteiger partial charge in [-0.25, -0.2) is 4.90 Å². The Kier molecular flexibility index (Phi) is 5.18. The van der Waals surface area contributed by atoms with Crippen molar-refractivity contribution in [2.24, 2.45) is 0 Å². The zero-order valence-electron chi connectivity index (χ0n) is 14.3. The van der Waals surface area contributed by atoms with E-state index in [0.29, 0.717) is 17.2 Å². The van der Waals surface area contributed by atoms with Gasteiger partial charge in [-0.3, -0.25) is 9.59 Å². The minimum atomic E-state index is -0.559. The quantitative estimate of drug-likeness (QED) is 0.813. The van der Waals surface area contributed by atoms with Crippen LogP contribution in [0.3, 0.4) is 0 Å². The maximum Gasteiger partial charge on any atom is 0.283 e. The molecule has 1 aromatic carbocycles. The molecule has 6 nitrogen and oxygen atoms in total. The highest BCUT2D eigenvalue weighted by atomic mass is 35.5. The fraction of sp³-hybridized carbons (Fsp3) is 0.444. The number of benzene rings is 1. The van der Waals surface area contributed by atoms with Crippen LogP contribution in [-0.2, 0) is 9.59 Å². The third-order valence-electron chi connectivity index (χ3n) is 4.61. The third-order valence-corrected chi connectivity index (χ3v) is 4.96. The molecule has 2 aliphatic rings. The molecule has 2 amide bonds. The zero-order chi connectivity index (χ0) is 18.0. The Bertz CT molecular complexity index is 726. The minimum absolute atomic E-state index is 0.0829. The first-order valence-electron chi connectivity index (χ1n) is 8.34. The fourth-order valence-corrected chi connectivity index (χ4v) is 3.49. The van der Waals surface area contributed by atoms with E-state index in [2.05, 4.69) is 5.32 Å². The van der Waals surface area contributed by atoms with E-state index in [1.54, 1.807) is 18.2 Å². The molecule has 1 aliphatic carbocycles. The van der Waals surface area contributed by atoms with E-state index >= 15 is 0 Å². The Hall–Kier alpha value is -2.21. The molecule has 0 bridgehead atoms. The van der Waals surface area contributed by atoms with E-state index < -0.39 is 11.8 Å². The number of carbonyl (C=O) groups excluding carboxylic acids is 2. The summed E-state index contributed by atoms with van der Waals surface area (Å²) in [6, 6.07) is 5.10. The van der Waals surface area contributed by atoms with Crippen LogP contribution in [0.1, 0.15) is 32.1 Å². The lowest BCUT2D eigenvalue weighted by Crippen LogP contribution is -2.37. The summed E-state index contributed by atoms with van der Waals surface area (Å²) < 4.78 is 10.5. The maximum absolute atomic E-state index is 12.9. The first-order chi connectivity index (χ1) is 12.1. The largest absolute Gasteiger partial charge is 0.497 e. The lowest BCUT2D eigenvalue weighted by molar-refractivity contribution is -0.120. The predicted molar refractivity (Wildman–Crippen MR) is 94.9 cm³/mol. The molecule has 1 aromatic rings. The summed E-state index contributed by atoms with van der Waals surface area (Å²) in [6.07, 6.45) is 5.36. The number of methoxy groups -OCH3 is 2. The Morgan fingerprint density at radius 2 is 1.80 bits per heavy atom. The second-order valence-electron chi connectivity index (χ2n) is 6.15. The van der Waals surface area contributed by atoms with Crippen molar-refractivity contribution in [2.75, 3.05) is 19.1 Å². The number of imide groups is 1. The van der Waals surface area contributed by atoms with Crippen molar-refractivity contribution in [3.8, 4) is 11.5 Å². The molecular formula is C18H21ClN2O4. The highest BCUT2D eigenvalue weighted by Crippen LogP contribution is 2.37. The number of nitrogens with zero attached hydrogens (tertiary/aromatic N) is 1. The first kappa shape index (κ1) is 17.6. The van der Waals surface area contributed by atoms with Crippen molar-refractivity contribution in [1.82, 2.24) is 5.32 Å². The Morgan fingerprint density at radius 1 is 1.08 bits per heavy atom. The van der Waals surface area contributed by atoms with Gasteiger partial charge in [0.25, 0.3) is 11.8 Å². The van der Waals surface area contributed by atoms with Crippen LogP contribution in [0.2, 0.25) is 0 Å². The van der Waals surface area contributed by atoms with E-state index in [9.17, 15) is 9.59 Å². The number of rotatable bonds is 5. The van der Waals surface area contributed by atoms with Gasteiger partial charge in [0.05, 0.1) is 19.9 Å². The monoisotopic (exact) mass is 364 g/mol. The summed E-state index contributed by atoms with van der Waals surface area (Å²) in [4.78, 5) is 26.5. The van der Waals surface area contributed by atoms with Gasteiger partial charge >= 0.3 is 0 Å². The second-order valence-corrected chi connectivity index (χ2v) is 6.53. The molecule has 1 aliphatic heterocycles. The lowest BCUT2D eigenvalue weighted by atomic mass is 9.95. The van der Waals surface area contributed by atoms with Crippen molar-refractivity contribution in [2.45, 2.75) is 38.1 Å². The standard InChI is InChI=1S/C18H21ClN2O4/c1-24-12-8-9-14(25-2)13(10-12)21-17(22)15(19)16(18(21)23)20-11-6-4-3-5-7-11/h8-11,20H,3-7H2,1-2H3. The molecule has 1 N–H and O–H groups in total. The van der Waals surface area contributed by atoms with Crippen LogP contribution in [0, 0.1) is 0 Å². The highest BCUT2D eigenvalue weighted by molar-refractivity contribution is 6.52. The van der Waals surface area contributed by atoms with Gasteiger partial charge in [0.15, 0.2) is 0 Å². The van der Waals surface area contributed by atoms with Crippen LogP contribution in [0.4, 0.5) is 5.69 Å². The molecule has 25 heavy (non-hydrogen) atoms. The van der Waals surface area contributed by atoms with Crippen LogP contribution in [0.15, 0.2) is 28.9 Å². The van der Waals surface area contributed by atoms with Gasteiger partial charge in [-0.05, 0) is 25.0 Å². The van der Waals surface area contributed by atoms with E-state index in [1.807, 2.05) is 0 Å². The van der Waals surface area contributed by atoms with E-state index in [4.69, 9.17) is 21.1 Å². The summed E-state index contributed by atoms with van der Waals surface area (Å²) in [5, 5.41) is 3.09. The average Bonchev–Trinajstić information content (AvgIpc) is 2.85. The van der Waals surface area contributed by atoms with Gasteiger partial charge in [0.1, 0.15) is 22.2 Å². The molecule has 0 spiro atoms. The van der Waals surface area contributed by atoms with Crippen LogP contribution in [0.5, 0.6) is 11.5 Å². The smallest absolute Gasteiger partial charge is 0.283 e. The van der Waals surface area contributed by atoms with E-state index in [0.717, 1.165) is 30.6 Å². The number of hydrogen-bond donors (Lipinski definition) is 1. The molecule has 134 valence electrons. The number of ether oxygens (including phenoxy) is 2.